The molecule has 1 heterocycles. The van der Waals surface area contributed by atoms with E-state index < -0.39 is 0 Å². The number of aliphatic imine (C=N–C) groups is 1. The molecule has 2 unspecified atom stereocenters. The molecule has 0 radical (unpaired) electrons. The van der Waals surface area contributed by atoms with Crippen molar-refractivity contribution in [1.29, 1.82) is 0 Å². The number of hydrogen-bond donors (Lipinski definition) is 2. The Morgan fingerprint density at radius 3 is 2.27 bits per heavy atom. The van der Waals surface area contributed by atoms with Crippen LogP contribution in [0.25, 0.3) is 0 Å². The molecule has 1 aliphatic carbocycles. The number of amides is 1. The molecule has 2 fully saturated rings. The molecular formula is C25H40N4O. The number of carbonyl (C=O) groups is 1. The Bertz CT molecular complexity index is 715. The highest BCUT2D eigenvalue weighted by Crippen LogP contribution is 2.41. The standard InChI is InChI=1S/C25H40N4O/c1-6-18(7-2)24(30)29-14-12-21(13-15-29)27-25(26-5)28-23-16-22(23)20-10-8-19(9-11-20)17(3)4/h8-11,17-18,21-23H,6-7,12-16H2,1-5H3,(H2,26,27,28). The van der Waals surface area contributed by atoms with Gasteiger partial charge in [0.05, 0.1) is 0 Å². The quantitative estimate of drug-likeness (QED) is 0.520. The van der Waals surface area contributed by atoms with Crippen LogP contribution in [0.2, 0.25) is 0 Å². The molecule has 30 heavy (non-hydrogen) atoms. The first-order chi connectivity index (χ1) is 14.5. The molecule has 5 nitrogen and oxygen atoms in total. The van der Waals surface area contributed by atoms with Gasteiger partial charge in [-0.25, -0.2) is 0 Å². The van der Waals surface area contributed by atoms with Crippen LogP contribution in [0.3, 0.4) is 0 Å². The summed E-state index contributed by atoms with van der Waals surface area (Å²) in [4.78, 5) is 19.1. The Balaban J connectivity index is 1.44. The predicted molar refractivity (Wildman–Crippen MR) is 125 cm³/mol. The summed E-state index contributed by atoms with van der Waals surface area (Å²) in [6.07, 6.45) is 5.00. The Hall–Kier alpha value is -2.04. The molecule has 1 aromatic carbocycles. The fourth-order valence-electron chi connectivity index (χ4n) is 4.53. The number of likely N-dealkylation sites (tertiary alicyclic amines) is 1. The van der Waals surface area contributed by atoms with Crippen molar-refractivity contribution < 1.29 is 4.79 Å². The van der Waals surface area contributed by atoms with Gasteiger partial charge in [0.15, 0.2) is 5.96 Å². The number of rotatable bonds is 7. The molecule has 2 atom stereocenters. The summed E-state index contributed by atoms with van der Waals surface area (Å²) in [5.41, 5.74) is 2.82. The number of nitrogens with one attached hydrogen (secondary N) is 2. The van der Waals surface area contributed by atoms with Gasteiger partial charge in [0.2, 0.25) is 5.91 Å². The summed E-state index contributed by atoms with van der Waals surface area (Å²) >= 11 is 0. The Kier molecular flexibility index (Phi) is 7.79. The van der Waals surface area contributed by atoms with Crippen LogP contribution in [0, 0.1) is 5.92 Å². The lowest BCUT2D eigenvalue weighted by atomic mass is 9.98. The fourth-order valence-corrected chi connectivity index (χ4v) is 4.53. The molecule has 1 aromatic rings. The minimum Gasteiger partial charge on any atom is -0.354 e. The van der Waals surface area contributed by atoms with E-state index in [9.17, 15) is 4.79 Å². The highest BCUT2D eigenvalue weighted by atomic mass is 16.2. The zero-order valence-electron chi connectivity index (χ0n) is 19.4. The van der Waals surface area contributed by atoms with Crippen molar-refractivity contribution in [3.63, 3.8) is 0 Å². The van der Waals surface area contributed by atoms with Crippen molar-refractivity contribution in [2.45, 2.75) is 83.7 Å². The molecule has 0 spiro atoms. The normalized spacial score (nSPS) is 22.5. The first-order valence-corrected chi connectivity index (χ1v) is 11.8. The van der Waals surface area contributed by atoms with Gasteiger partial charge in [0.25, 0.3) is 0 Å². The summed E-state index contributed by atoms with van der Waals surface area (Å²) in [6, 6.07) is 9.93. The van der Waals surface area contributed by atoms with Crippen LogP contribution in [0.15, 0.2) is 29.3 Å². The number of guanidine groups is 1. The molecule has 2 N–H and O–H groups in total. The van der Waals surface area contributed by atoms with E-state index in [4.69, 9.17) is 0 Å². The average molecular weight is 413 g/mol. The zero-order valence-corrected chi connectivity index (χ0v) is 19.4. The zero-order chi connectivity index (χ0) is 21.7. The van der Waals surface area contributed by atoms with Crippen molar-refractivity contribution in [2.24, 2.45) is 10.9 Å². The Morgan fingerprint density at radius 1 is 1.10 bits per heavy atom. The first kappa shape index (κ1) is 22.6. The van der Waals surface area contributed by atoms with E-state index in [-0.39, 0.29) is 5.92 Å². The second-order valence-corrected chi connectivity index (χ2v) is 9.24. The third-order valence-electron chi connectivity index (χ3n) is 6.85. The van der Waals surface area contributed by atoms with Crippen LogP contribution in [-0.2, 0) is 4.79 Å². The van der Waals surface area contributed by atoms with Gasteiger partial charge >= 0.3 is 0 Å². The number of benzene rings is 1. The highest BCUT2D eigenvalue weighted by molar-refractivity contribution is 5.81. The molecule has 0 aromatic heterocycles. The minimum absolute atomic E-state index is 0.186. The van der Waals surface area contributed by atoms with Crippen molar-refractivity contribution in [1.82, 2.24) is 15.5 Å². The van der Waals surface area contributed by atoms with E-state index in [0.717, 1.165) is 51.2 Å². The van der Waals surface area contributed by atoms with Crippen LogP contribution < -0.4 is 10.6 Å². The molecule has 166 valence electrons. The second kappa shape index (κ2) is 10.3. The van der Waals surface area contributed by atoms with Gasteiger partial charge in [0, 0.05) is 44.1 Å². The fraction of sp³-hybridized carbons (Fsp3) is 0.680. The van der Waals surface area contributed by atoms with Gasteiger partial charge in [0.1, 0.15) is 0 Å². The van der Waals surface area contributed by atoms with E-state index >= 15 is 0 Å². The van der Waals surface area contributed by atoms with Crippen molar-refractivity contribution >= 4 is 11.9 Å². The molecule has 2 aliphatic rings. The van der Waals surface area contributed by atoms with Crippen LogP contribution >= 0.6 is 0 Å². The summed E-state index contributed by atoms with van der Waals surface area (Å²) < 4.78 is 0. The molecule has 1 aliphatic heterocycles. The predicted octanol–water partition coefficient (Wildman–Crippen LogP) is 4.26. The SMILES string of the molecule is CCC(CC)C(=O)N1CCC(NC(=NC)NC2CC2c2ccc(C(C)C)cc2)CC1. The van der Waals surface area contributed by atoms with Gasteiger partial charge < -0.3 is 15.5 Å². The van der Waals surface area contributed by atoms with E-state index in [1.54, 1.807) is 0 Å². The molecule has 1 amide bonds. The smallest absolute Gasteiger partial charge is 0.225 e. The third kappa shape index (κ3) is 5.55. The van der Waals surface area contributed by atoms with Crippen molar-refractivity contribution in [3.05, 3.63) is 35.4 Å². The summed E-state index contributed by atoms with van der Waals surface area (Å²) in [5, 5.41) is 7.19. The molecular weight excluding hydrogens is 372 g/mol. The van der Waals surface area contributed by atoms with E-state index in [2.05, 4.69) is 72.5 Å². The minimum atomic E-state index is 0.186. The number of hydrogen-bond acceptors (Lipinski definition) is 2. The maximum atomic E-state index is 12.6. The molecule has 1 saturated heterocycles. The lowest BCUT2D eigenvalue weighted by molar-refractivity contribution is -0.136. The van der Waals surface area contributed by atoms with Crippen molar-refractivity contribution in [2.75, 3.05) is 20.1 Å². The molecule has 5 heteroatoms. The summed E-state index contributed by atoms with van der Waals surface area (Å²) in [6.45, 7) is 10.4. The second-order valence-electron chi connectivity index (χ2n) is 9.24. The maximum absolute atomic E-state index is 12.6. The van der Waals surface area contributed by atoms with Gasteiger partial charge in [-0.15, -0.1) is 0 Å². The third-order valence-corrected chi connectivity index (χ3v) is 6.85. The van der Waals surface area contributed by atoms with Gasteiger partial charge in [-0.2, -0.15) is 0 Å². The monoisotopic (exact) mass is 412 g/mol. The van der Waals surface area contributed by atoms with Crippen molar-refractivity contribution in [3.8, 4) is 0 Å². The number of nitrogens with zero attached hydrogens (tertiary/aromatic N) is 2. The maximum Gasteiger partial charge on any atom is 0.225 e. The van der Waals surface area contributed by atoms with Gasteiger partial charge in [-0.05, 0) is 49.1 Å². The van der Waals surface area contributed by atoms with Crippen LogP contribution in [-0.4, -0.2) is 49.0 Å². The van der Waals surface area contributed by atoms with E-state index in [1.165, 1.54) is 11.1 Å². The number of piperidine rings is 1. The highest BCUT2D eigenvalue weighted by Gasteiger charge is 2.39. The first-order valence-electron chi connectivity index (χ1n) is 11.8. The topological polar surface area (TPSA) is 56.7 Å². The summed E-state index contributed by atoms with van der Waals surface area (Å²) in [5.74, 6) is 2.57. The van der Waals surface area contributed by atoms with Crippen LogP contribution in [0.1, 0.15) is 82.8 Å². The molecule has 0 bridgehead atoms. The lowest BCUT2D eigenvalue weighted by Gasteiger charge is -2.35. The average Bonchev–Trinajstić information content (AvgIpc) is 3.53. The molecule has 1 saturated carbocycles. The summed E-state index contributed by atoms with van der Waals surface area (Å²) in [7, 11) is 1.84. The molecule has 3 rings (SSSR count). The van der Waals surface area contributed by atoms with E-state index in [0.29, 0.717) is 29.8 Å². The van der Waals surface area contributed by atoms with Gasteiger partial charge in [-0.1, -0.05) is 52.0 Å². The number of carbonyl (C=O) groups excluding carboxylic acids is 1. The van der Waals surface area contributed by atoms with Crippen LogP contribution in [0.5, 0.6) is 0 Å². The van der Waals surface area contributed by atoms with Crippen LogP contribution in [0.4, 0.5) is 0 Å². The Morgan fingerprint density at radius 2 is 1.73 bits per heavy atom. The Labute approximate surface area is 182 Å². The van der Waals surface area contributed by atoms with E-state index in [1.807, 2.05) is 7.05 Å². The lowest BCUT2D eigenvalue weighted by Crippen LogP contribution is -2.51. The van der Waals surface area contributed by atoms with Gasteiger partial charge in [-0.3, -0.25) is 9.79 Å². The largest absolute Gasteiger partial charge is 0.354 e.